The maximum Gasteiger partial charge on any atom is 0.337 e. The fourth-order valence-electron chi connectivity index (χ4n) is 3.14. The van der Waals surface area contributed by atoms with Crippen molar-refractivity contribution < 1.29 is 23.9 Å². The van der Waals surface area contributed by atoms with E-state index in [1.54, 1.807) is 48.5 Å². The number of rotatable bonds is 5. The molecule has 1 heterocycles. The number of anilines is 3. The molecule has 1 aliphatic rings. The predicted octanol–water partition coefficient (Wildman–Crippen LogP) is 2.42. The van der Waals surface area contributed by atoms with Gasteiger partial charge in [-0.3, -0.25) is 14.4 Å². The number of nitrogens with one attached hydrogen (secondary N) is 2. The quantitative estimate of drug-likeness (QED) is 0.757. The van der Waals surface area contributed by atoms with Crippen molar-refractivity contribution in [2.24, 2.45) is 5.92 Å². The number of hydrogen-bond acceptors (Lipinski definition) is 5. The van der Waals surface area contributed by atoms with Gasteiger partial charge < -0.3 is 20.3 Å². The highest BCUT2D eigenvalue weighted by Gasteiger charge is 2.35. The highest BCUT2D eigenvalue weighted by molar-refractivity contribution is 6.04. The second kappa shape index (κ2) is 8.55. The molecule has 1 saturated heterocycles. The lowest BCUT2D eigenvalue weighted by atomic mass is 10.1. The van der Waals surface area contributed by atoms with Gasteiger partial charge in [0, 0.05) is 37.0 Å². The van der Waals surface area contributed by atoms with Gasteiger partial charge in [0.25, 0.3) is 0 Å². The molecule has 0 radical (unpaired) electrons. The zero-order valence-electron chi connectivity index (χ0n) is 16.1. The van der Waals surface area contributed by atoms with Crippen LogP contribution in [0.15, 0.2) is 48.5 Å². The summed E-state index contributed by atoms with van der Waals surface area (Å²) in [5, 5.41) is 5.45. The highest BCUT2D eigenvalue weighted by atomic mass is 16.5. The molecule has 1 unspecified atom stereocenters. The minimum atomic E-state index is -0.507. The van der Waals surface area contributed by atoms with Crippen LogP contribution in [-0.4, -0.2) is 37.3 Å². The molecule has 0 aromatic heterocycles. The normalized spacial score (nSPS) is 15.7. The molecule has 0 aliphatic carbocycles. The molecule has 8 heteroatoms. The molecule has 0 bridgehead atoms. The van der Waals surface area contributed by atoms with Crippen LogP contribution in [0.5, 0.6) is 0 Å². The Hall–Kier alpha value is -3.68. The molecule has 2 N–H and O–H groups in total. The van der Waals surface area contributed by atoms with Crippen molar-refractivity contribution in [2.75, 3.05) is 29.2 Å². The summed E-state index contributed by atoms with van der Waals surface area (Å²) in [6.07, 6.45) is 0.0937. The van der Waals surface area contributed by atoms with Crippen LogP contribution in [0.4, 0.5) is 17.1 Å². The summed E-state index contributed by atoms with van der Waals surface area (Å²) in [4.78, 5) is 49.3. The standard InChI is InChI=1S/C21H21N3O5/c1-13(25)22-17-4-3-5-18(11-17)24-12-15(10-19(24)26)20(27)23-16-8-6-14(7-9-16)21(28)29-2/h3-9,11,15H,10,12H2,1-2H3,(H,22,25)(H,23,27). The van der Waals surface area contributed by atoms with E-state index in [4.69, 9.17) is 0 Å². The number of nitrogens with zero attached hydrogens (tertiary/aromatic N) is 1. The van der Waals surface area contributed by atoms with Crippen LogP contribution < -0.4 is 15.5 Å². The molecule has 2 aromatic carbocycles. The Balaban J connectivity index is 1.66. The molecule has 3 amide bonds. The SMILES string of the molecule is COC(=O)c1ccc(NC(=O)C2CC(=O)N(c3cccc(NC(C)=O)c3)C2)cc1. The van der Waals surface area contributed by atoms with Gasteiger partial charge in [-0.1, -0.05) is 6.07 Å². The summed E-state index contributed by atoms with van der Waals surface area (Å²) >= 11 is 0. The summed E-state index contributed by atoms with van der Waals surface area (Å²) < 4.78 is 4.64. The van der Waals surface area contributed by atoms with Crippen LogP contribution in [0.2, 0.25) is 0 Å². The van der Waals surface area contributed by atoms with E-state index < -0.39 is 11.9 Å². The molecule has 150 valence electrons. The highest BCUT2D eigenvalue weighted by Crippen LogP contribution is 2.28. The third-order valence-electron chi connectivity index (χ3n) is 4.55. The summed E-state index contributed by atoms with van der Waals surface area (Å²) in [6.45, 7) is 1.65. The van der Waals surface area contributed by atoms with Crippen LogP contribution in [0.25, 0.3) is 0 Å². The molecule has 0 spiro atoms. The van der Waals surface area contributed by atoms with E-state index in [9.17, 15) is 19.2 Å². The summed E-state index contributed by atoms with van der Waals surface area (Å²) in [5.74, 6) is -1.60. The van der Waals surface area contributed by atoms with E-state index in [0.717, 1.165) is 0 Å². The van der Waals surface area contributed by atoms with Crippen LogP contribution >= 0.6 is 0 Å². The van der Waals surface area contributed by atoms with Crippen LogP contribution in [-0.2, 0) is 19.1 Å². The average Bonchev–Trinajstić information content (AvgIpc) is 3.09. The number of methoxy groups -OCH3 is 1. The van der Waals surface area contributed by atoms with Crippen molar-refractivity contribution in [2.45, 2.75) is 13.3 Å². The molecule has 8 nitrogen and oxygen atoms in total. The van der Waals surface area contributed by atoms with Gasteiger partial charge in [-0.15, -0.1) is 0 Å². The van der Waals surface area contributed by atoms with Crippen LogP contribution in [0, 0.1) is 5.92 Å². The number of amides is 3. The Morgan fingerprint density at radius 3 is 2.41 bits per heavy atom. The van der Waals surface area contributed by atoms with Gasteiger partial charge in [0.05, 0.1) is 18.6 Å². The second-order valence-corrected chi connectivity index (χ2v) is 6.70. The zero-order chi connectivity index (χ0) is 21.0. The van der Waals surface area contributed by atoms with E-state index in [1.807, 2.05) is 0 Å². The van der Waals surface area contributed by atoms with E-state index in [-0.39, 0.29) is 30.7 Å². The Kier molecular flexibility index (Phi) is 5.92. The van der Waals surface area contributed by atoms with E-state index in [0.29, 0.717) is 22.6 Å². The van der Waals surface area contributed by atoms with Gasteiger partial charge in [-0.25, -0.2) is 4.79 Å². The Bertz CT molecular complexity index is 955. The van der Waals surface area contributed by atoms with Gasteiger partial charge in [-0.05, 0) is 42.5 Å². The number of benzene rings is 2. The second-order valence-electron chi connectivity index (χ2n) is 6.70. The van der Waals surface area contributed by atoms with E-state index in [1.165, 1.54) is 18.9 Å². The minimum Gasteiger partial charge on any atom is -0.465 e. The lowest BCUT2D eigenvalue weighted by molar-refractivity contribution is -0.122. The van der Waals surface area contributed by atoms with Crippen molar-refractivity contribution in [1.29, 1.82) is 0 Å². The smallest absolute Gasteiger partial charge is 0.337 e. The first-order chi connectivity index (χ1) is 13.9. The number of carbonyl (C=O) groups is 4. The van der Waals surface area contributed by atoms with Gasteiger partial charge in [-0.2, -0.15) is 0 Å². The number of ether oxygens (including phenoxy) is 1. The summed E-state index contributed by atoms with van der Waals surface area (Å²) in [6, 6.07) is 13.3. The fraction of sp³-hybridized carbons (Fsp3) is 0.238. The lowest BCUT2D eigenvalue weighted by Gasteiger charge is -2.18. The molecule has 1 atom stereocenters. The first-order valence-electron chi connectivity index (χ1n) is 9.04. The molecular formula is C21H21N3O5. The Morgan fingerprint density at radius 2 is 1.76 bits per heavy atom. The van der Waals surface area contributed by atoms with Crippen molar-refractivity contribution in [3.05, 3.63) is 54.1 Å². The van der Waals surface area contributed by atoms with Gasteiger partial charge in [0.1, 0.15) is 0 Å². The molecule has 1 aliphatic heterocycles. The molecular weight excluding hydrogens is 374 g/mol. The van der Waals surface area contributed by atoms with Gasteiger partial charge >= 0.3 is 5.97 Å². The maximum atomic E-state index is 12.6. The van der Waals surface area contributed by atoms with Gasteiger partial charge in [0.2, 0.25) is 17.7 Å². The Morgan fingerprint density at radius 1 is 1.03 bits per heavy atom. The summed E-state index contributed by atoms with van der Waals surface area (Å²) in [7, 11) is 1.30. The van der Waals surface area contributed by atoms with E-state index >= 15 is 0 Å². The molecule has 1 fully saturated rings. The molecule has 0 saturated carbocycles. The van der Waals surface area contributed by atoms with Gasteiger partial charge in [0.15, 0.2) is 0 Å². The van der Waals surface area contributed by atoms with E-state index in [2.05, 4.69) is 15.4 Å². The first-order valence-corrected chi connectivity index (χ1v) is 9.04. The summed E-state index contributed by atoms with van der Waals surface area (Å²) in [5.41, 5.74) is 2.12. The fourth-order valence-corrected chi connectivity index (χ4v) is 3.14. The maximum absolute atomic E-state index is 12.6. The molecule has 3 rings (SSSR count). The Labute approximate surface area is 167 Å². The number of esters is 1. The van der Waals surface area contributed by atoms with Crippen molar-refractivity contribution in [1.82, 2.24) is 0 Å². The number of carbonyl (C=O) groups excluding carboxylic acids is 4. The van der Waals surface area contributed by atoms with Crippen molar-refractivity contribution in [3.8, 4) is 0 Å². The third-order valence-corrected chi connectivity index (χ3v) is 4.55. The zero-order valence-corrected chi connectivity index (χ0v) is 16.1. The van der Waals surface area contributed by atoms with Crippen LogP contribution in [0.1, 0.15) is 23.7 Å². The third kappa shape index (κ3) is 4.78. The topological polar surface area (TPSA) is 105 Å². The first kappa shape index (κ1) is 20.1. The lowest BCUT2D eigenvalue weighted by Crippen LogP contribution is -2.28. The van der Waals surface area contributed by atoms with Crippen molar-refractivity contribution >= 4 is 40.8 Å². The largest absolute Gasteiger partial charge is 0.465 e. The molecule has 29 heavy (non-hydrogen) atoms. The monoisotopic (exact) mass is 395 g/mol. The van der Waals surface area contributed by atoms with Crippen LogP contribution in [0.3, 0.4) is 0 Å². The average molecular weight is 395 g/mol. The van der Waals surface area contributed by atoms with Crippen molar-refractivity contribution in [3.63, 3.8) is 0 Å². The minimum absolute atomic E-state index is 0.0937. The number of hydrogen-bond donors (Lipinski definition) is 2. The predicted molar refractivity (Wildman–Crippen MR) is 108 cm³/mol. The molecule has 2 aromatic rings.